The summed E-state index contributed by atoms with van der Waals surface area (Å²) in [5.74, 6) is 0.0332. The highest BCUT2D eigenvalue weighted by Gasteiger charge is 2.29. The van der Waals surface area contributed by atoms with Gasteiger partial charge in [-0.1, -0.05) is 25.0 Å². The van der Waals surface area contributed by atoms with Crippen LogP contribution in [0.5, 0.6) is 5.75 Å². The summed E-state index contributed by atoms with van der Waals surface area (Å²) in [7, 11) is 0. The predicted octanol–water partition coefficient (Wildman–Crippen LogP) is 4.78. The van der Waals surface area contributed by atoms with Gasteiger partial charge in [-0.2, -0.15) is 0 Å². The standard InChI is InChI=1S/C28H35N3O4/c1-19-8-7-9-20(2)31(19)26(32)18-35-23-16-14-21(15-17-23)27(33)30-25-13-6-5-12-24(25)28(34)29-22-10-3-4-11-22/h5-6,12-17,19-20,22H,3-4,7-11,18H2,1-2H3,(H,29,34)(H,30,33). The Bertz CT molecular complexity index is 1040. The molecule has 0 radical (unpaired) electrons. The molecule has 2 unspecified atom stereocenters. The van der Waals surface area contributed by atoms with Gasteiger partial charge in [0.25, 0.3) is 17.7 Å². The Morgan fingerprint density at radius 1 is 0.857 bits per heavy atom. The van der Waals surface area contributed by atoms with Crippen molar-refractivity contribution in [3.05, 3.63) is 59.7 Å². The molecule has 0 spiro atoms. The fourth-order valence-electron chi connectivity index (χ4n) is 5.15. The molecule has 3 amide bonds. The van der Waals surface area contributed by atoms with Gasteiger partial charge in [0.05, 0.1) is 11.3 Å². The van der Waals surface area contributed by atoms with Crippen molar-refractivity contribution in [1.82, 2.24) is 10.2 Å². The lowest BCUT2D eigenvalue weighted by molar-refractivity contribution is -0.139. The molecule has 2 aromatic rings. The van der Waals surface area contributed by atoms with Crippen LogP contribution in [0.2, 0.25) is 0 Å². The van der Waals surface area contributed by atoms with Crippen molar-refractivity contribution in [3.8, 4) is 5.75 Å². The second-order valence-electron chi connectivity index (χ2n) is 9.70. The summed E-state index contributed by atoms with van der Waals surface area (Å²) in [5, 5.41) is 5.92. The van der Waals surface area contributed by atoms with E-state index in [2.05, 4.69) is 24.5 Å². The van der Waals surface area contributed by atoms with Gasteiger partial charge in [0.2, 0.25) is 0 Å². The van der Waals surface area contributed by atoms with E-state index >= 15 is 0 Å². The van der Waals surface area contributed by atoms with Crippen LogP contribution in [-0.2, 0) is 4.79 Å². The third-order valence-electron chi connectivity index (χ3n) is 7.07. The number of rotatable bonds is 7. The highest BCUT2D eigenvalue weighted by Crippen LogP contribution is 2.24. The molecule has 1 aliphatic heterocycles. The van der Waals surface area contributed by atoms with Crippen LogP contribution in [0.1, 0.15) is 79.5 Å². The molecule has 0 bridgehead atoms. The first-order valence-corrected chi connectivity index (χ1v) is 12.7. The highest BCUT2D eigenvalue weighted by atomic mass is 16.5. The average Bonchev–Trinajstić information content (AvgIpc) is 3.36. The maximum absolute atomic E-state index is 12.8. The van der Waals surface area contributed by atoms with Crippen LogP contribution in [0.15, 0.2) is 48.5 Å². The largest absolute Gasteiger partial charge is 0.484 e. The Labute approximate surface area is 207 Å². The Morgan fingerprint density at radius 2 is 1.51 bits per heavy atom. The number of hydrogen-bond acceptors (Lipinski definition) is 4. The van der Waals surface area contributed by atoms with E-state index in [1.807, 2.05) is 4.90 Å². The maximum Gasteiger partial charge on any atom is 0.260 e. The molecular weight excluding hydrogens is 442 g/mol. The number of benzene rings is 2. The molecule has 4 rings (SSSR count). The molecule has 0 aromatic heterocycles. The van der Waals surface area contributed by atoms with Crippen LogP contribution in [0, 0.1) is 0 Å². The lowest BCUT2D eigenvalue weighted by Crippen LogP contribution is -2.49. The molecular formula is C28H35N3O4. The third-order valence-corrected chi connectivity index (χ3v) is 7.07. The zero-order valence-corrected chi connectivity index (χ0v) is 20.6. The molecule has 2 fully saturated rings. The molecule has 7 nitrogen and oxygen atoms in total. The summed E-state index contributed by atoms with van der Waals surface area (Å²) in [6, 6.07) is 14.4. The molecule has 1 saturated heterocycles. The fraction of sp³-hybridized carbons (Fsp3) is 0.464. The van der Waals surface area contributed by atoms with Crippen LogP contribution >= 0.6 is 0 Å². The molecule has 1 saturated carbocycles. The van der Waals surface area contributed by atoms with Crippen LogP contribution in [0.4, 0.5) is 5.69 Å². The SMILES string of the molecule is CC1CCCC(C)N1C(=O)COc1ccc(C(=O)Nc2ccccc2C(=O)NC2CCCC2)cc1. The number of nitrogens with one attached hydrogen (secondary N) is 2. The number of anilines is 1. The van der Waals surface area contributed by atoms with E-state index in [0.29, 0.717) is 22.6 Å². The van der Waals surface area contributed by atoms with Crippen LogP contribution in [-0.4, -0.2) is 47.4 Å². The number of hydrogen-bond donors (Lipinski definition) is 2. The number of ether oxygens (including phenoxy) is 1. The summed E-state index contributed by atoms with van der Waals surface area (Å²) in [6.45, 7) is 4.14. The van der Waals surface area contributed by atoms with E-state index in [-0.39, 0.29) is 42.5 Å². The number of nitrogens with zero attached hydrogens (tertiary/aromatic N) is 1. The highest BCUT2D eigenvalue weighted by molar-refractivity contribution is 6.09. The van der Waals surface area contributed by atoms with Gasteiger partial charge < -0.3 is 20.3 Å². The van der Waals surface area contributed by atoms with Gasteiger partial charge in [-0.25, -0.2) is 0 Å². The van der Waals surface area contributed by atoms with Crippen molar-refractivity contribution in [2.24, 2.45) is 0 Å². The van der Waals surface area contributed by atoms with Crippen molar-refractivity contribution in [2.75, 3.05) is 11.9 Å². The first-order valence-electron chi connectivity index (χ1n) is 12.7. The van der Waals surface area contributed by atoms with Gasteiger partial charge in [0.15, 0.2) is 6.61 Å². The number of amides is 3. The third kappa shape index (κ3) is 6.21. The zero-order chi connectivity index (χ0) is 24.8. The van der Waals surface area contributed by atoms with Crippen molar-refractivity contribution < 1.29 is 19.1 Å². The zero-order valence-electron chi connectivity index (χ0n) is 20.6. The quantitative estimate of drug-likeness (QED) is 0.601. The molecule has 1 heterocycles. The van der Waals surface area contributed by atoms with Gasteiger partial charge in [0, 0.05) is 23.7 Å². The van der Waals surface area contributed by atoms with E-state index in [9.17, 15) is 14.4 Å². The molecule has 186 valence electrons. The van der Waals surface area contributed by atoms with Crippen molar-refractivity contribution in [3.63, 3.8) is 0 Å². The van der Waals surface area contributed by atoms with E-state index < -0.39 is 0 Å². The van der Waals surface area contributed by atoms with Crippen molar-refractivity contribution in [2.45, 2.75) is 76.9 Å². The fourth-order valence-corrected chi connectivity index (χ4v) is 5.15. The van der Waals surface area contributed by atoms with Gasteiger partial charge in [0.1, 0.15) is 5.75 Å². The molecule has 35 heavy (non-hydrogen) atoms. The maximum atomic E-state index is 12.8. The minimum atomic E-state index is -0.315. The topological polar surface area (TPSA) is 87.7 Å². The normalized spacial score (nSPS) is 20.3. The number of piperidine rings is 1. The monoisotopic (exact) mass is 477 g/mol. The summed E-state index contributed by atoms with van der Waals surface area (Å²) in [4.78, 5) is 40.2. The van der Waals surface area contributed by atoms with Gasteiger partial charge in [-0.05, 0) is 82.3 Å². The van der Waals surface area contributed by atoms with E-state index in [1.165, 1.54) is 0 Å². The number of para-hydroxylation sites is 1. The minimum absolute atomic E-state index is 0.0148. The first-order chi connectivity index (χ1) is 16.9. The Morgan fingerprint density at radius 3 is 2.20 bits per heavy atom. The summed E-state index contributed by atoms with van der Waals surface area (Å²) in [6.07, 6.45) is 7.44. The second kappa shape index (κ2) is 11.4. The minimum Gasteiger partial charge on any atom is -0.484 e. The average molecular weight is 478 g/mol. The first kappa shape index (κ1) is 24.8. The summed E-state index contributed by atoms with van der Waals surface area (Å²) >= 11 is 0. The number of carbonyl (C=O) groups excluding carboxylic acids is 3. The van der Waals surface area contributed by atoms with E-state index in [0.717, 1.165) is 44.9 Å². The number of carbonyl (C=O) groups is 3. The van der Waals surface area contributed by atoms with E-state index in [4.69, 9.17) is 4.74 Å². The van der Waals surface area contributed by atoms with Gasteiger partial charge in [-0.3, -0.25) is 14.4 Å². The van der Waals surface area contributed by atoms with Gasteiger partial charge in [-0.15, -0.1) is 0 Å². The Hall–Kier alpha value is -3.35. The molecule has 2 N–H and O–H groups in total. The second-order valence-corrected chi connectivity index (χ2v) is 9.70. The van der Waals surface area contributed by atoms with Crippen LogP contribution < -0.4 is 15.4 Å². The van der Waals surface area contributed by atoms with Crippen molar-refractivity contribution >= 4 is 23.4 Å². The van der Waals surface area contributed by atoms with Crippen LogP contribution in [0.3, 0.4) is 0 Å². The summed E-state index contributed by atoms with van der Waals surface area (Å²) in [5.41, 5.74) is 1.36. The van der Waals surface area contributed by atoms with Crippen molar-refractivity contribution in [1.29, 1.82) is 0 Å². The molecule has 7 heteroatoms. The molecule has 2 aromatic carbocycles. The van der Waals surface area contributed by atoms with Crippen LogP contribution in [0.25, 0.3) is 0 Å². The Kier molecular flexibility index (Phi) is 8.06. The predicted molar refractivity (Wildman–Crippen MR) is 136 cm³/mol. The number of likely N-dealkylation sites (tertiary alicyclic amines) is 1. The summed E-state index contributed by atoms with van der Waals surface area (Å²) < 4.78 is 5.71. The van der Waals surface area contributed by atoms with Gasteiger partial charge >= 0.3 is 0 Å². The molecule has 1 aliphatic carbocycles. The molecule has 2 atom stereocenters. The lowest BCUT2D eigenvalue weighted by atomic mass is 9.97. The smallest absolute Gasteiger partial charge is 0.260 e. The van der Waals surface area contributed by atoms with E-state index in [1.54, 1.807) is 48.5 Å². The molecule has 2 aliphatic rings. The Balaban J connectivity index is 1.34. The lowest BCUT2D eigenvalue weighted by Gasteiger charge is -2.38.